The largest absolute Gasteiger partial charge is 0.462 e. The van der Waals surface area contributed by atoms with Gasteiger partial charge in [0.05, 0.1) is 0 Å². The van der Waals surface area contributed by atoms with Gasteiger partial charge in [0.15, 0.2) is 6.10 Å². The fourth-order valence-electron chi connectivity index (χ4n) is 8.45. The summed E-state index contributed by atoms with van der Waals surface area (Å²) in [5.74, 6) is -0.948. The number of unbranched alkanes of at least 4 members (excludes halogenated alkanes) is 29. The molecule has 1 atom stereocenters. The van der Waals surface area contributed by atoms with Crippen LogP contribution in [-0.2, 0) is 28.6 Å². The van der Waals surface area contributed by atoms with Crippen molar-refractivity contribution < 1.29 is 28.6 Å². The fraction of sp³-hybridized carbons (Fsp3) is 0.738. The van der Waals surface area contributed by atoms with E-state index in [1.165, 1.54) is 128 Å². The number of hydrogen-bond acceptors (Lipinski definition) is 6. The standard InChI is InChI=1S/C65H112O6/c1-4-7-10-13-16-19-22-25-28-29-30-31-32-33-34-35-38-40-43-46-49-52-55-58-64(67)70-61-62(71-65(68)59-56-53-50-47-44-41-37-27-24-21-18-15-12-9-6-3)60-69-63(66)57-54-51-48-45-42-39-36-26-23-20-17-14-11-8-5-2/h8-9,11-12,17-18,20-21,26-27,36-37,44,47,62H,4-7,10,13-16,19,22-25,28-35,38-43,45-46,48-61H2,1-3H3/b11-8-,12-9-,20-17-,21-18-,36-26-,37-27-,47-44-. The number of carbonyl (C=O) groups is 3. The first-order valence-electron chi connectivity index (χ1n) is 30.1. The highest BCUT2D eigenvalue weighted by atomic mass is 16.6. The zero-order chi connectivity index (χ0) is 51.4. The molecule has 0 aliphatic rings. The second kappa shape index (κ2) is 59.2. The zero-order valence-electron chi connectivity index (χ0n) is 46.7. The summed E-state index contributed by atoms with van der Waals surface area (Å²) in [7, 11) is 0. The van der Waals surface area contributed by atoms with Crippen LogP contribution < -0.4 is 0 Å². The number of esters is 3. The topological polar surface area (TPSA) is 78.9 Å². The van der Waals surface area contributed by atoms with Gasteiger partial charge in [0.1, 0.15) is 13.2 Å². The zero-order valence-corrected chi connectivity index (χ0v) is 46.7. The Hall–Kier alpha value is -3.41. The average Bonchev–Trinajstić information content (AvgIpc) is 3.37. The van der Waals surface area contributed by atoms with E-state index in [4.69, 9.17) is 14.2 Å². The molecular formula is C65H112O6. The Morgan fingerprint density at radius 1 is 0.296 bits per heavy atom. The molecule has 1 unspecified atom stereocenters. The number of allylic oxidation sites excluding steroid dienone is 14. The van der Waals surface area contributed by atoms with Crippen LogP contribution in [-0.4, -0.2) is 37.2 Å². The molecule has 0 aliphatic carbocycles. The molecule has 0 fully saturated rings. The molecule has 0 saturated carbocycles. The van der Waals surface area contributed by atoms with Gasteiger partial charge in [-0.2, -0.15) is 0 Å². The highest BCUT2D eigenvalue weighted by molar-refractivity contribution is 5.71. The van der Waals surface area contributed by atoms with Crippen molar-refractivity contribution in [1.29, 1.82) is 0 Å². The summed E-state index contributed by atoms with van der Waals surface area (Å²) in [4.78, 5) is 38.2. The monoisotopic (exact) mass is 989 g/mol. The second-order valence-electron chi connectivity index (χ2n) is 19.9. The molecule has 0 saturated heterocycles. The van der Waals surface area contributed by atoms with Gasteiger partial charge in [-0.1, -0.05) is 266 Å². The van der Waals surface area contributed by atoms with E-state index < -0.39 is 6.10 Å². The molecule has 0 bridgehead atoms. The van der Waals surface area contributed by atoms with Gasteiger partial charge in [0, 0.05) is 19.3 Å². The minimum atomic E-state index is -0.805. The van der Waals surface area contributed by atoms with Crippen LogP contribution in [0.2, 0.25) is 0 Å². The summed E-state index contributed by atoms with van der Waals surface area (Å²) in [5.41, 5.74) is 0. The van der Waals surface area contributed by atoms with Crippen molar-refractivity contribution in [3.63, 3.8) is 0 Å². The maximum absolute atomic E-state index is 12.8. The smallest absolute Gasteiger partial charge is 0.306 e. The van der Waals surface area contributed by atoms with E-state index in [1.807, 2.05) is 0 Å². The van der Waals surface area contributed by atoms with Crippen molar-refractivity contribution in [3.05, 3.63) is 85.1 Å². The first-order chi connectivity index (χ1) is 35.0. The second-order valence-corrected chi connectivity index (χ2v) is 19.9. The quantitative estimate of drug-likeness (QED) is 0.0261. The molecule has 0 aromatic carbocycles. The molecule has 0 amide bonds. The lowest BCUT2D eigenvalue weighted by atomic mass is 10.0. The van der Waals surface area contributed by atoms with E-state index in [-0.39, 0.29) is 37.5 Å². The third kappa shape index (κ3) is 57.4. The van der Waals surface area contributed by atoms with E-state index in [9.17, 15) is 14.4 Å². The lowest BCUT2D eigenvalue weighted by Crippen LogP contribution is -2.30. The number of carbonyl (C=O) groups excluding carboxylic acids is 3. The van der Waals surface area contributed by atoms with Crippen molar-refractivity contribution in [2.45, 2.75) is 297 Å². The van der Waals surface area contributed by atoms with Gasteiger partial charge >= 0.3 is 17.9 Å². The van der Waals surface area contributed by atoms with E-state index in [0.717, 1.165) is 116 Å². The molecule has 0 rings (SSSR count). The SMILES string of the molecule is CC/C=C\C/C=C\C/C=C\C/C=C\CCCCC(=O)OC(COC(=O)CCCCCCC/C=C\C/C=C\C/C=C\CC)COC(=O)CCCCCCCCCCCCCCCCCCCCCCCCC. The molecule has 6 heteroatoms. The molecule has 0 radical (unpaired) electrons. The minimum absolute atomic E-state index is 0.0970. The van der Waals surface area contributed by atoms with Crippen LogP contribution in [0.15, 0.2) is 85.1 Å². The number of rotatable bonds is 54. The van der Waals surface area contributed by atoms with Crippen LogP contribution in [0, 0.1) is 0 Å². The molecule has 0 heterocycles. The van der Waals surface area contributed by atoms with Crippen molar-refractivity contribution in [3.8, 4) is 0 Å². The summed E-state index contributed by atoms with van der Waals surface area (Å²) < 4.78 is 16.8. The first-order valence-corrected chi connectivity index (χ1v) is 30.1. The van der Waals surface area contributed by atoms with Gasteiger partial charge < -0.3 is 14.2 Å². The molecule has 0 N–H and O–H groups in total. The third-order valence-corrected chi connectivity index (χ3v) is 12.9. The molecule has 0 aliphatic heterocycles. The third-order valence-electron chi connectivity index (χ3n) is 12.9. The molecule has 71 heavy (non-hydrogen) atoms. The van der Waals surface area contributed by atoms with Gasteiger partial charge in [0.25, 0.3) is 0 Å². The lowest BCUT2D eigenvalue weighted by Gasteiger charge is -2.18. The summed E-state index contributed by atoms with van der Waals surface area (Å²) in [6.07, 6.45) is 77.4. The molecule has 0 aromatic rings. The Kier molecular flexibility index (Phi) is 56.3. The summed E-state index contributed by atoms with van der Waals surface area (Å²) in [6.45, 7) is 6.39. The Labute approximate surface area is 439 Å². The fourth-order valence-corrected chi connectivity index (χ4v) is 8.45. The van der Waals surface area contributed by atoms with Crippen molar-refractivity contribution in [2.75, 3.05) is 13.2 Å². The van der Waals surface area contributed by atoms with Crippen LogP contribution in [0.4, 0.5) is 0 Å². The van der Waals surface area contributed by atoms with Crippen molar-refractivity contribution >= 4 is 17.9 Å². The average molecular weight is 990 g/mol. The Bertz CT molecular complexity index is 1370. The van der Waals surface area contributed by atoms with Crippen LogP contribution in [0.25, 0.3) is 0 Å². The molecule has 0 aromatic heterocycles. The normalized spacial score (nSPS) is 12.7. The van der Waals surface area contributed by atoms with Crippen LogP contribution in [0.1, 0.15) is 290 Å². The number of ether oxygens (including phenoxy) is 3. The Morgan fingerprint density at radius 3 is 0.887 bits per heavy atom. The van der Waals surface area contributed by atoms with Crippen molar-refractivity contribution in [2.24, 2.45) is 0 Å². The van der Waals surface area contributed by atoms with Gasteiger partial charge in [-0.15, -0.1) is 0 Å². The molecule has 408 valence electrons. The maximum Gasteiger partial charge on any atom is 0.306 e. The lowest BCUT2D eigenvalue weighted by molar-refractivity contribution is -0.167. The van der Waals surface area contributed by atoms with Gasteiger partial charge in [-0.3, -0.25) is 14.4 Å². The van der Waals surface area contributed by atoms with Crippen molar-refractivity contribution in [1.82, 2.24) is 0 Å². The molecule has 6 nitrogen and oxygen atoms in total. The van der Waals surface area contributed by atoms with E-state index >= 15 is 0 Å². The highest BCUT2D eigenvalue weighted by Crippen LogP contribution is 2.17. The molecular weight excluding hydrogens is 877 g/mol. The maximum atomic E-state index is 12.8. The Balaban J connectivity index is 4.35. The summed E-state index contributed by atoms with van der Waals surface area (Å²) >= 11 is 0. The van der Waals surface area contributed by atoms with Crippen LogP contribution in [0.5, 0.6) is 0 Å². The predicted molar refractivity (Wildman–Crippen MR) is 307 cm³/mol. The van der Waals surface area contributed by atoms with E-state index in [2.05, 4.69) is 106 Å². The van der Waals surface area contributed by atoms with E-state index in [1.54, 1.807) is 0 Å². The predicted octanol–water partition coefficient (Wildman–Crippen LogP) is 20.3. The van der Waals surface area contributed by atoms with Gasteiger partial charge in [0.2, 0.25) is 0 Å². The molecule has 0 spiro atoms. The highest BCUT2D eigenvalue weighted by Gasteiger charge is 2.19. The van der Waals surface area contributed by atoms with E-state index in [0.29, 0.717) is 19.3 Å². The summed E-state index contributed by atoms with van der Waals surface area (Å²) in [6, 6.07) is 0. The van der Waals surface area contributed by atoms with Crippen LogP contribution in [0.3, 0.4) is 0 Å². The number of hydrogen-bond donors (Lipinski definition) is 0. The van der Waals surface area contributed by atoms with Crippen LogP contribution >= 0.6 is 0 Å². The Morgan fingerprint density at radius 2 is 0.549 bits per heavy atom. The minimum Gasteiger partial charge on any atom is -0.462 e. The van der Waals surface area contributed by atoms with Gasteiger partial charge in [-0.05, 0) is 89.9 Å². The van der Waals surface area contributed by atoms with Gasteiger partial charge in [-0.25, -0.2) is 0 Å². The first kappa shape index (κ1) is 67.6. The summed E-state index contributed by atoms with van der Waals surface area (Å²) in [5, 5.41) is 0.